The van der Waals surface area contributed by atoms with Crippen molar-refractivity contribution in [3.63, 3.8) is 0 Å². The third-order valence-electron chi connectivity index (χ3n) is 1.84. The summed E-state index contributed by atoms with van der Waals surface area (Å²) in [6, 6.07) is 6.21. The van der Waals surface area contributed by atoms with Gasteiger partial charge in [-0.25, -0.2) is 4.39 Å². The van der Waals surface area contributed by atoms with Crippen LogP contribution in [0.4, 0.5) is 10.1 Å². The first kappa shape index (κ1) is 9.64. The SMILES string of the molecule is Cc1nc(CNc2cccc(F)c2)no1. The van der Waals surface area contributed by atoms with Crippen LogP contribution in [0.15, 0.2) is 28.8 Å². The van der Waals surface area contributed by atoms with Crippen molar-refractivity contribution in [2.24, 2.45) is 0 Å². The van der Waals surface area contributed by atoms with E-state index in [1.807, 2.05) is 0 Å². The Bertz CT molecular complexity index is 455. The number of halogens is 1. The second kappa shape index (κ2) is 4.08. The summed E-state index contributed by atoms with van der Waals surface area (Å²) in [7, 11) is 0. The topological polar surface area (TPSA) is 51.0 Å². The van der Waals surface area contributed by atoms with Crippen LogP contribution in [0.3, 0.4) is 0 Å². The Morgan fingerprint density at radius 2 is 2.33 bits per heavy atom. The van der Waals surface area contributed by atoms with Crippen molar-refractivity contribution in [1.82, 2.24) is 10.1 Å². The zero-order valence-corrected chi connectivity index (χ0v) is 8.20. The zero-order valence-electron chi connectivity index (χ0n) is 8.20. The van der Waals surface area contributed by atoms with Crippen LogP contribution in [0.1, 0.15) is 11.7 Å². The van der Waals surface area contributed by atoms with Crippen molar-refractivity contribution in [2.45, 2.75) is 13.5 Å². The Morgan fingerprint density at radius 3 is 3.00 bits per heavy atom. The van der Waals surface area contributed by atoms with Gasteiger partial charge in [0.25, 0.3) is 0 Å². The molecule has 1 aromatic carbocycles. The minimum Gasteiger partial charge on any atom is -0.378 e. The molecule has 2 rings (SSSR count). The van der Waals surface area contributed by atoms with E-state index in [4.69, 9.17) is 4.52 Å². The van der Waals surface area contributed by atoms with Crippen molar-refractivity contribution >= 4 is 5.69 Å². The molecule has 2 aromatic rings. The second-order valence-corrected chi connectivity index (χ2v) is 3.09. The minimum absolute atomic E-state index is 0.274. The van der Waals surface area contributed by atoms with Crippen LogP contribution < -0.4 is 5.32 Å². The second-order valence-electron chi connectivity index (χ2n) is 3.09. The van der Waals surface area contributed by atoms with Gasteiger partial charge in [-0.2, -0.15) is 4.98 Å². The van der Waals surface area contributed by atoms with Gasteiger partial charge in [-0.15, -0.1) is 0 Å². The Kier molecular flexibility index (Phi) is 2.62. The molecule has 0 fully saturated rings. The van der Waals surface area contributed by atoms with E-state index < -0.39 is 0 Å². The summed E-state index contributed by atoms with van der Waals surface area (Å²) in [4.78, 5) is 4.01. The molecule has 15 heavy (non-hydrogen) atoms. The number of anilines is 1. The average molecular weight is 207 g/mol. The smallest absolute Gasteiger partial charge is 0.223 e. The highest BCUT2D eigenvalue weighted by molar-refractivity contribution is 5.42. The fraction of sp³-hybridized carbons (Fsp3) is 0.200. The number of benzene rings is 1. The van der Waals surface area contributed by atoms with Gasteiger partial charge in [-0.05, 0) is 18.2 Å². The summed E-state index contributed by atoms with van der Waals surface area (Å²) in [5, 5.41) is 6.70. The molecule has 0 radical (unpaired) electrons. The maximum absolute atomic E-state index is 12.8. The molecule has 0 atom stereocenters. The van der Waals surface area contributed by atoms with Crippen molar-refractivity contribution in [3.8, 4) is 0 Å². The normalized spacial score (nSPS) is 10.3. The van der Waals surface area contributed by atoms with E-state index in [0.29, 0.717) is 23.9 Å². The minimum atomic E-state index is -0.274. The van der Waals surface area contributed by atoms with Crippen LogP contribution in [0, 0.1) is 12.7 Å². The first-order chi connectivity index (χ1) is 7.24. The van der Waals surface area contributed by atoms with Gasteiger partial charge in [-0.1, -0.05) is 11.2 Å². The maximum Gasteiger partial charge on any atom is 0.223 e. The van der Waals surface area contributed by atoms with Crippen molar-refractivity contribution in [1.29, 1.82) is 0 Å². The predicted molar refractivity (Wildman–Crippen MR) is 52.8 cm³/mol. The van der Waals surface area contributed by atoms with Gasteiger partial charge in [0.05, 0.1) is 6.54 Å². The number of aromatic nitrogens is 2. The van der Waals surface area contributed by atoms with Gasteiger partial charge in [0.2, 0.25) is 5.89 Å². The summed E-state index contributed by atoms with van der Waals surface area (Å²) < 4.78 is 17.6. The van der Waals surface area contributed by atoms with Crippen LogP contribution in [-0.2, 0) is 6.54 Å². The lowest BCUT2D eigenvalue weighted by molar-refractivity contribution is 0.388. The molecule has 0 saturated carbocycles. The molecule has 0 amide bonds. The lowest BCUT2D eigenvalue weighted by Gasteiger charge is -2.02. The summed E-state index contributed by atoms with van der Waals surface area (Å²) in [6.45, 7) is 2.14. The van der Waals surface area contributed by atoms with E-state index >= 15 is 0 Å². The van der Waals surface area contributed by atoms with Crippen LogP contribution in [0.5, 0.6) is 0 Å². The van der Waals surface area contributed by atoms with Crippen LogP contribution in [-0.4, -0.2) is 10.1 Å². The number of nitrogens with one attached hydrogen (secondary N) is 1. The Hall–Kier alpha value is -1.91. The van der Waals surface area contributed by atoms with Gasteiger partial charge in [0.15, 0.2) is 5.82 Å². The summed E-state index contributed by atoms with van der Waals surface area (Å²) in [5.41, 5.74) is 0.692. The zero-order chi connectivity index (χ0) is 10.7. The molecule has 0 aliphatic heterocycles. The van der Waals surface area contributed by atoms with Crippen molar-refractivity contribution in [3.05, 3.63) is 41.8 Å². The maximum atomic E-state index is 12.8. The fourth-order valence-electron chi connectivity index (χ4n) is 1.19. The molecule has 4 nitrogen and oxygen atoms in total. The average Bonchev–Trinajstić information content (AvgIpc) is 2.62. The number of rotatable bonds is 3. The Morgan fingerprint density at radius 1 is 1.47 bits per heavy atom. The van der Waals surface area contributed by atoms with E-state index in [9.17, 15) is 4.39 Å². The molecule has 0 saturated heterocycles. The van der Waals surface area contributed by atoms with Gasteiger partial charge < -0.3 is 9.84 Å². The molecule has 78 valence electrons. The van der Waals surface area contributed by atoms with Gasteiger partial charge >= 0.3 is 0 Å². The first-order valence-corrected chi connectivity index (χ1v) is 4.52. The lowest BCUT2D eigenvalue weighted by Crippen LogP contribution is -2.01. The Balaban J connectivity index is 1.99. The number of hydrogen-bond donors (Lipinski definition) is 1. The van der Waals surface area contributed by atoms with Gasteiger partial charge in [0.1, 0.15) is 5.82 Å². The Labute approximate surface area is 86.1 Å². The van der Waals surface area contributed by atoms with Crippen LogP contribution in [0.2, 0.25) is 0 Å². The number of hydrogen-bond acceptors (Lipinski definition) is 4. The third-order valence-corrected chi connectivity index (χ3v) is 1.84. The van der Waals surface area contributed by atoms with E-state index in [1.165, 1.54) is 12.1 Å². The van der Waals surface area contributed by atoms with E-state index in [1.54, 1.807) is 19.1 Å². The highest BCUT2D eigenvalue weighted by Crippen LogP contribution is 2.09. The quantitative estimate of drug-likeness (QED) is 0.837. The molecule has 0 unspecified atom stereocenters. The molecule has 1 heterocycles. The molecular formula is C10H10FN3O. The molecule has 0 aliphatic rings. The van der Waals surface area contributed by atoms with Crippen molar-refractivity contribution in [2.75, 3.05) is 5.32 Å². The fourth-order valence-corrected chi connectivity index (χ4v) is 1.19. The molecule has 1 N–H and O–H groups in total. The molecule has 0 spiro atoms. The largest absolute Gasteiger partial charge is 0.378 e. The highest BCUT2D eigenvalue weighted by atomic mass is 19.1. The molecule has 0 bridgehead atoms. The van der Waals surface area contributed by atoms with E-state index in [0.717, 1.165) is 0 Å². The van der Waals surface area contributed by atoms with Crippen LogP contribution >= 0.6 is 0 Å². The van der Waals surface area contributed by atoms with E-state index in [2.05, 4.69) is 15.5 Å². The van der Waals surface area contributed by atoms with Gasteiger partial charge in [0, 0.05) is 12.6 Å². The third kappa shape index (κ3) is 2.52. The standard InChI is InChI=1S/C10H10FN3O/c1-7-13-10(14-15-7)6-12-9-4-2-3-8(11)5-9/h2-5,12H,6H2,1H3. The summed E-state index contributed by atoms with van der Waals surface area (Å²) in [5.74, 6) is 0.798. The van der Waals surface area contributed by atoms with Crippen LogP contribution in [0.25, 0.3) is 0 Å². The predicted octanol–water partition coefficient (Wildman–Crippen LogP) is 2.13. The first-order valence-electron chi connectivity index (χ1n) is 4.52. The van der Waals surface area contributed by atoms with Crippen molar-refractivity contribution < 1.29 is 8.91 Å². The lowest BCUT2D eigenvalue weighted by atomic mass is 10.3. The molecule has 1 aromatic heterocycles. The number of aryl methyl sites for hydroxylation is 1. The highest BCUT2D eigenvalue weighted by Gasteiger charge is 2.01. The summed E-state index contributed by atoms with van der Waals surface area (Å²) >= 11 is 0. The molecular weight excluding hydrogens is 197 g/mol. The van der Waals surface area contributed by atoms with E-state index in [-0.39, 0.29) is 5.82 Å². The molecule has 5 heteroatoms. The molecule has 0 aliphatic carbocycles. The monoisotopic (exact) mass is 207 g/mol. The van der Waals surface area contributed by atoms with Gasteiger partial charge in [-0.3, -0.25) is 0 Å². The summed E-state index contributed by atoms with van der Waals surface area (Å²) in [6.07, 6.45) is 0. The number of nitrogens with zero attached hydrogens (tertiary/aromatic N) is 2.